The summed E-state index contributed by atoms with van der Waals surface area (Å²) in [5.41, 5.74) is 8.21. The molecule has 2 aliphatic rings. The molecule has 18 heavy (non-hydrogen) atoms. The summed E-state index contributed by atoms with van der Waals surface area (Å²) >= 11 is 0. The van der Waals surface area contributed by atoms with Gasteiger partial charge < -0.3 is 4.74 Å². The van der Waals surface area contributed by atoms with E-state index >= 15 is 0 Å². The number of hydrogen-bond donors (Lipinski definition) is 0. The van der Waals surface area contributed by atoms with Crippen LogP contribution in [-0.2, 0) is 0 Å². The number of rotatable bonds is 0. The number of hydrogen-bond acceptors (Lipinski definition) is 1. The SMILES string of the molecule is CC1=Cc2c3c(c(C)c(C)c2=C1C)=C(C)C(C)O3. The third-order valence-corrected chi connectivity index (χ3v) is 4.68. The lowest BCUT2D eigenvalue weighted by atomic mass is 9.97. The maximum Gasteiger partial charge on any atom is 0.135 e. The van der Waals surface area contributed by atoms with E-state index in [2.05, 4.69) is 47.6 Å². The highest BCUT2D eigenvalue weighted by atomic mass is 16.5. The van der Waals surface area contributed by atoms with Crippen LogP contribution in [0.4, 0.5) is 0 Å². The van der Waals surface area contributed by atoms with Crippen molar-refractivity contribution in [2.24, 2.45) is 0 Å². The molecule has 1 nitrogen and oxygen atoms in total. The van der Waals surface area contributed by atoms with Crippen molar-refractivity contribution in [3.8, 4) is 5.75 Å². The highest BCUT2D eigenvalue weighted by Crippen LogP contribution is 2.30. The minimum absolute atomic E-state index is 0.208. The molecular weight excluding hydrogens is 220 g/mol. The molecule has 1 aromatic rings. The molecule has 3 rings (SSSR count). The normalized spacial score (nSPS) is 20.8. The van der Waals surface area contributed by atoms with Crippen LogP contribution in [0.15, 0.2) is 5.57 Å². The van der Waals surface area contributed by atoms with Gasteiger partial charge in [-0.15, -0.1) is 0 Å². The predicted molar refractivity (Wildman–Crippen MR) is 77.1 cm³/mol. The molecule has 94 valence electrons. The standard InChI is InChI=1S/C17H20O/c1-8-7-14-15(9(8)2)10(3)11(4)16-12(5)13(6)18-17(14)16/h7,13H,1-6H3. The van der Waals surface area contributed by atoms with Gasteiger partial charge in [-0.2, -0.15) is 0 Å². The van der Waals surface area contributed by atoms with Gasteiger partial charge in [0.05, 0.1) is 0 Å². The Bertz CT molecular complexity index is 714. The third-order valence-electron chi connectivity index (χ3n) is 4.68. The van der Waals surface area contributed by atoms with E-state index in [-0.39, 0.29) is 6.10 Å². The van der Waals surface area contributed by atoms with Gasteiger partial charge in [0.1, 0.15) is 11.9 Å². The van der Waals surface area contributed by atoms with Gasteiger partial charge in [-0.3, -0.25) is 0 Å². The van der Waals surface area contributed by atoms with Crippen molar-refractivity contribution in [2.45, 2.75) is 47.6 Å². The molecule has 1 aliphatic carbocycles. The topological polar surface area (TPSA) is 9.23 Å². The van der Waals surface area contributed by atoms with Crippen LogP contribution in [0, 0.1) is 13.8 Å². The molecule has 1 unspecified atom stereocenters. The average molecular weight is 240 g/mol. The van der Waals surface area contributed by atoms with Gasteiger partial charge >= 0.3 is 0 Å². The van der Waals surface area contributed by atoms with Crippen molar-refractivity contribution >= 4 is 17.2 Å². The largest absolute Gasteiger partial charge is 0.485 e. The van der Waals surface area contributed by atoms with E-state index in [0.717, 1.165) is 5.75 Å². The molecule has 1 heterocycles. The van der Waals surface area contributed by atoms with Gasteiger partial charge in [0, 0.05) is 10.8 Å². The van der Waals surface area contributed by atoms with Crippen molar-refractivity contribution < 1.29 is 4.74 Å². The Morgan fingerprint density at radius 3 is 2.22 bits per heavy atom. The fourth-order valence-electron chi connectivity index (χ4n) is 3.20. The summed E-state index contributed by atoms with van der Waals surface area (Å²) in [4.78, 5) is 0. The Morgan fingerprint density at radius 1 is 0.944 bits per heavy atom. The van der Waals surface area contributed by atoms with Crippen LogP contribution in [0.3, 0.4) is 0 Å². The maximum absolute atomic E-state index is 6.10. The molecule has 0 spiro atoms. The Hall–Kier alpha value is -1.50. The van der Waals surface area contributed by atoms with E-state index in [1.54, 1.807) is 0 Å². The second-order valence-corrected chi connectivity index (χ2v) is 5.64. The highest BCUT2D eigenvalue weighted by molar-refractivity contribution is 5.84. The van der Waals surface area contributed by atoms with Crippen LogP contribution < -0.4 is 15.2 Å². The van der Waals surface area contributed by atoms with E-state index in [1.807, 2.05) is 0 Å². The fourth-order valence-corrected chi connectivity index (χ4v) is 3.20. The Morgan fingerprint density at radius 2 is 1.56 bits per heavy atom. The Labute approximate surface area is 108 Å². The summed E-state index contributed by atoms with van der Waals surface area (Å²) in [6.07, 6.45) is 2.49. The van der Waals surface area contributed by atoms with Crippen molar-refractivity contribution in [2.75, 3.05) is 0 Å². The van der Waals surface area contributed by atoms with E-state index in [9.17, 15) is 0 Å². The summed E-state index contributed by atoms with van der Waals surface area (Å²) in [6, 6.07) is 0. The summed E-state index contributed by atoms with van der Waals surface area (Å²) in [5.74, 6) is 1.11. The first kappa shape index (κ1) is 11.6. The van der Waals surface area contributed by atoms with Crippen LogP contribution in [0.5, 0.6) is 5.75 Å². The lowest BCUT2D eigenvalue weighted by molar-refractivity contribution is 0.289. The zero-order valence-electron chi connectivity index (χ0n) is 12.1. The molecule has 0 saturated heterocycles. The van der Waals surface area contributed by atoms with Crippen LogP contribution in [0.2, 0.25) is 0 Å². The first-order valence-corrected chi connectivity index (χ1v) is 6.63. The Kier molecular flexibility index (Phi) is 2.25. The average Bonchev–Trinajstić information content (AvgIpc) is 2.77. The van der Waals surface area contributed by atoms with Crippen LogP contribution >= 0.6 is 0 Å². The summed E-state index contributed by atoms with van der Waals surface area (Å²) in [6.45, 7) is 13.2. The third kappa shape index (κ3) is 1.22. The van der Waals surface area contributed by atoms with Crippen LogP contribution in [-0.4, -0.2) is 6.10 Å². The first-order valence-electron chi connectivity index (χ1n) is 6.63. The summed E-state index contributed by atoms with van der Waals surface area (Å²) < 4.78 is 6.10. The minimum Gasteiger partial charge on any atom is -0.485 e. The number of allylic oxidation sites excluding steroid dienone is 1. The molecule has 0 aromatic heterocycles. The molecule has 1 aromatic carbocycles. The lowest BCUT2D eigenvalue weighted by Crippen LogP contribution is -2.21. The van der Waals surface area contributed by atoms with Gasteiger partial charge in [0.25, 0.3) is 0 Å². The first-order chi connectivity index (χ1) is 8.43. The zero-order valence-corrected chi connectivity index (χ0v) is 12.1. The van der Waals surface area contributed by atoms with Crippen molar-refractivity contribution in [1.82, 2.24) is 0 Å². The van der Waals surface area contributed by atoms with Crippen molar-refractivity contribution in [1.29, 1.82) is 0 Å². The van der Waals surface area contributed by atoms with Crippen molar-refractivity contribution in [3.05, 3.63) is 32.7 Å². The van der Waals surface area contributed by atoms with E-state index in [0.29, 0.717) is 0 Å². The van der Waals surface area contributed by atoms with Gasteiger partial charge in [-0.1, -0.05) is 0 Å². The molecular formula is C17H20O. The predicted octanol–water partition coefficient (Wildman–Crippen LogP) is 2.84. The lowest BCUT2D eigenvalue weighted by Gasteiger charge is -2.10. The summed E-state index contributed by atoms with van der Waals surface area (Å²) in [5, 5.41) is 2.74. The fraction of sp³-hybridized carbons (Fsp3) is 0.412. The molecule has 0 N–H and O–H groups in total. The van der Waals surface area contributed by atoms with Crippen LogP contribution in [0.1, 0.15) is 44.4 Å². The Balaban J connectivity index is 2.57. The van der Waals surface area contributed by atoms with Gasteiger partial charge in [-0.25, -0.2) is 0 Å². The number of ether oxygens (including phenoxy) is 1. The smallest absolute Gasteiger partial charge is 0.135 e. The number of benzene rings is 1. The molecule has 0 saturated carbocycles. The van der Waals surface area contributed by atoms with Crippen LogP contribution in [0.25, 0.3) is 17.2 Å². The molecule has 0 amide bonds. The van der Waals surface area contributed by atoms with Gasteiger partial charge in [0.2, 0.25) is 0 Å². The maximum atomic E-state index is 6.10. The van der Waals surface area contributed by atoms with E-state index in [4.69, 9.17) is 4.74 Å². The van der Waals surface area contributed by atoms with E-state index < -0.39 is 0 Å². The second kappa shape index (κ2) is 3.50. The second-order valence-electron chi connectivity index (χ2n) is 5.64. The molecule has 1 aliphatic heterocycles. The van der Waals surface area contributed by atoms with Gasteiger partial charge in [0.15, 0.2) is 0 Å². The van der Waals surface area contributed by atoms with Crippen molar-refractivity contribution in [3.63, 3.8) is 0 Å². The molecule has 1 heteroatoms. The highest BCUT2D eigenvalue weighted by Gasteiger charge is 2.26. The molecule has 1 atom stereocenters. The molecule has 0 bridgehead atoms. The van der Waals surface area contributed by atoms with E-state index in [1.165, 1.54) is 43.8 Å². The number of fused-ring (bicyclic) bond motifs is 3. The van der Waals surface area contributed by atoms with Gasteiger partial charge in [-0.05, 0) is 80.7 Å². The minimum atomic E-state index is 0.208. The quantitative estimate of drug-likeness (QED) is 0.677. The molecule has 0 radical (unpaired) electrons. The molecule has 0 fully saturated rings. The summed E-state index contributed by atoms with van der Waals surface area (Å²) in [7, 11) is 0. The monoisotopic (exact) mass is 240 g/mol. The zero-order chi connectivity index (χ0) is 13.2.